The van der Waals surface area contributed by atoms with Gasteiger partial charge in [-0.3, -0.25) is 0 Å². The molecule has 0 aliphatic carbocycles. The van der Waals surface area contributed by atoms with Crippen LogP contribution in [0.4, 0.5) is 8.78 Å². The number of hydrogen-bond donors (Lipinski definition) is 0. The van der Waals surface area contributed by atoms with E-state index in [1.165, 1.54) is 0 Å². The molecule has 0 fully saturated rings. The van der Waals surface area contributed by atoms with Crippen molar-refractivity contribution in [2.45, 2.75) is 25.4 Å². The van der Waals surface area contributed by atoms with Crippen LogP contribution in [0.15, 0.2) is 0 Å². The van der Waals surface area contributed by atoms with Crippen molar-refractivity contribution in [1.29, 1.82) is 0 Å². The summed E-state index contributed by atoms with van der Waals surface area (Å²) in [4.78, 5) is 0. The predicted molar refractivity (Wildman–Crippen MR) is 29.8 cm³/mol. The van der Waals surface area contributed by atoms with Crippen LogP contribution in [0.3, 0.4) is 0 Å². The molecule has 0 aliphatic heterocycles. The van der Waals surface area contributed by atoms with Crippen molar-refractivity contribution in [2.75, 3.05) is 0 Å². The van der Waals surface area contributed by atoms with E-state index in [1.807, 2.05) is 6.55 Å². The summed E-state index contributed by atoms with van der Waals surface area (Å²) in [5.41, 5.74) is 0. The molecule has 0 aromatic carbocycles. The Bertz CT molecular complexity index is 38.7. The molecule has 7 heavy (non-hydrogen) atoms. The number of alkyl halides is 2. The van der Waals surface area contributed by atoms with Crippen LogP contribution in [0.25, 0.3) is 0 Å². The largest absolute Gasteiger partial charge is 0.238 e. The summed E-state index contributed by atoms with van der Waals surface area (Å²) in [6.07, 6.45) is -1.93. The molecule has 0 unspecified atom stereocenters. The molecule has 0 radical (unpaired) electrons. The first-order chi connectivity index (χ1) is 3.27. The van der Waals surface area contributed by atoms with Gasteiger partial charge in [-0.15, -0.1) is 0 Å². The zero-order chi connectivity index (χ0) is 5.70. The Hall–Kier alpha value is 0.0769. The first kappa shape index (κ1) is 7.08. The Kier molecular flexibility index (Phi) is 4.29. The molecule has 0 aliphatic rings. The first-order valence-corrected chi connectivity index (χ1v) is 4.97. The van der Waals surface area contributed by atoms with E-state index < -0.39 is 6.43 Å². The third-order valence-electron chi connectivity index (χ3n) is 0.776. The van der Waals surface area contributed by atoms with Crippen LogP contribution < -0.4 is 0 Å². The summed E-state index contributed by atoms with van der Waals surface area (Å²) >= 11 is 0. The highest BCUT2D eigenvalue weighted by Gasteiger charge is 1.97. The summed E-state index contributed by atoms with van der Waals surface area (Å²) in [6.45, 7) is 2.04. The van der Waals surface area contributed by atoms with Crippen LogP contribution in [0.5, 0.6) is 0 Å². The van der Waals surface area contributed by atoms with Gasteiger partial charge in [0.05, 0.1) is 0 Å². The quantitative estimate of drug-likeness (QED) is 0.497. The predicted octanol–water partition coefficient (Wildman–Crippen LogP) is 1.28. The second-order valence-corrected chi connectivity index (χ2v) is 3.24. The summed E-state index contributed by atoms with van der Waals surface area (Å²) in [5.74, 6) is 0. The second kappa shape index (κ2) is 4.24. The van der Waals surface area contributed by atoms with Gasteiger partial charge < -0.3 is 0 Å². The van der Waals surface area contributed by atoms with E-state index in [4.69, 9.17) is 0 Å². The average Bonchev–Trinajstić information content (AvgIpc) is 1.61. The van der Waals surface area contributed by atoms with Crippen molar-refractivity contribution in [1.82, 2.24) is 0 Å². The van der Waals surface area contributed by atoms with Gasteiger partial charge in [0.1, 0.15) is 0 Å². The molecule has 0 nitrogen and oxygen atoms in total. The molecule has 0 heterocycles. The first-order valence-electron chi connectivity index (χ1n) is 2.55. The molecule has 0 rings (SSSR count). The second-order valence-electron chi connectivity index (χ2n) is 1.53. The van der Waals surface area contributed by atoms with E-state index in [9.17, 15) is 8.78 Å². The van der Waals surface area contributed by atoms with Crippen LogP contribution in [0.2, 0.25) is 12.6 Å². The zero-order valence-corrected chi connectivity index (χ0v) is 5.87. The van der Waals surface area contributed by atoms with Crippen LogP contribution in [-0.2, 0) is 0 Å². The van der Waals surface area contributed by atoms with Gasteiger partial charge in [0.15, 0.2) is 0 Å². The SMILES string of the molecule is C[SiH2]CCC(F)F. The van der Waals surface area contributed by atoms with Crippen molar-refractivity contribution < 1.29 is 8.78 Å². The van der Waals surface area contributed by atoms with Crippen LogP contribution >= 0.6 is 0 Å². The van der Waals surface area contributed by atoms with E-state index in [0.717, 1.165) is 6.04 Å². The summed E-state index contributed by atoms with van der Waals surface area (Å²) < 4.78 is 22.5. The van der Waals surface area contributed by atoms with Crippen molar-refractivity contribution in [2.24, 2.45) is 0 Å². The highest BCUT2D eigenvalue weighted by atomic mass is 28.2. The summed E-state index contributed by atoms with van der Waals surface area (Å²) in [7, 11) is -0.109. The maximum Gasteiger partial charge on any atom is 0.238 e. The lowest BCUT2D eigenvalue weighted by Gasteiger charge is -1.91. The molecule has 44 valence electrons. The summed E-state index contributed by atoms with van der Waals surface area (Å²) in [6, 6.07) is 0.789. The standard InChI is InChI=1S/C4H10F2Si/c1-7-3-2-4(5)6/h4H,2-3,7H2,1H3. The Morgan fingerprint density at radius 2 is 2.14 bits per heavy atom. The van der Waals surface area contributed by atoms with Crippen LogP contribution in [-0.4, -0.2) is 15.9 Å². The van der Waals surface area contributed by atoms with E-state index >= 15 is 0 Å². The maximum atomic E-state index is 11.2. The van der Waals surface area contributed by atoms with Crippen molar-refractivity contribution in [3.05, 3.63) is 0 Å². The molecule has 0 N–H and O–H groups in total. The minimum absolute atomic E-state index is 0.109. The Balaban J connectivity index is 2.68. The molecule has 0 bridgehead atoms. The zero-order valence-electron chi connectivity index (χ0n) is 4.45. The van der Waals surface area contributed by atoms with Gasteiger partial charge in [0.25, 0.3) is 0 Å². The van der Waals surface area contributed by atoms with E-state index in [-0.39, 0.29) is 15.9 Å². The van der Waals surface area contributed by atoms with Gasteiger partial charge in [0, 0.05) is 15.9 Å². The monoisotopic (exact) mass is 124 g/mol. The average molecular weight is 124 g/mol. The van der Waals surface area contributed by atoms with E-state index in [0.29, 0.717) is 0 Å². The topological polar surface area (TPSA) is 0 Å². The fraction of sp³-hybridized carbons (Fsp3) is 1.00. The van der Waals surface area contributed by atoms with Crippen molar-refractivity contribution in [3.63, 3.8) is 0 Å². The number of hydrogen-bond acceptors (Lipinski definition) is 0. The summed E-state index contributed by atoms with van der Waals surface area (Å²) in [5, 5.41) is 0. The lowest BCUT2D eigenvalue weighted by molar-refractivity contribution is 0.144. The molecule has 0 spiro atoms. The third-order valence-corrected chi connectivity index (χ3v) is 1.89. The molecular weight excluding hydrogens is 114 g/mol. The van der Waals surface area contributed by atoms with Gasteiger partial charge >= 0.3 is 0 Å². The van der Waals surface area contributed by atoms with Gasteiger partial charge in [-0.05, 0) is 0 Å². The Labute approximate surface area is 44.7 Å². The number of halogens is 2. The molecule has 0 atom stereocenters. The van der Waals surface area contributed by atoms with Crippen molar-refractivity contribution in [3.8, 4) is 0 Å². The molecule has 3 heteroatoms. The van der Waals surface area contributed by atoms with Crippen LogP contribution in [0, 0.1) is 0 Å². The smallest absolute Gasteiger partial charge is 0.211 e. The lowest BCUT2D eigenvalue weighted by Crippen LogP contribution is -1.90. The molecular formula is C4H10F2Si. The van der Waals surface area contributed by atoms with Crippen molar-refractivity contribution >= 4 is 9.52 Å². The fourth-order valence-corrected chi connectivity index (χ4v) is 1.08. The maximum absolute atomic E-state index is 11.2. The molecule has 0 aromatic heterocycles. The highest BCUT2D eigenvalue weighted by molar-refractivity contribution is 6.33. The molecule has 0 saturated heterocycles. The Morgan fingerprint density at radius 1 is 1.57 bits per heavy atom. The molecule has 0 aromatic rings. The van der Waals surface area contributed by atoms with Gasteiger partial charge in [0.2, 0.25) is 6.43 Å². The third kappa shape index (κ3) is 6.08. The normalized spacial score (nSPS) is 12.0. The van der Waals surface area contributed by atoms with E-state index in [1.54, 1.807) is 0 Å². The molecule has 0 saturated carbocycles. The minimum atomic E-state index is -2.06. The van der Waals surface area contributed by atoms with Gasteiger partial charge in [-0.1, -0.05) is 12.6 Å². The van der Waals surface area contributed by atoms with Gasteiger partial charge in [-0.25, -0.2) is 8.78 Å². The van der Waals surface area contributed by atoms with Crippen LogP contribution in [0.1, 0.15) is 6.42 Å². The molecule has 0 amide bonds. The Morgan fingerprint density at radius 3 is 2.29 bits per heavy atom. The lowest BCUT2D eigenvalue weighted by atomic mass is 10.5. The van der Waals surface area contributed by atoms with E-state index in [2.05, 4.69) is 0 Å². The fourth-order valence-electron chi connectivity index (χ4n) is 0.358. The number of rotatable bonds is 3. The highest BCUT2D eigenvalue weighted by Crippen LogP contribution is 2.01. The van der Waals surface area contributed by atoms with Gasteiger partial charge in [-0.2, -0.15) is 0 Å². The minimum Gasteiger partial charge on any atom is -0.211 e.